The summed E-state index contributed by atoms with van der Waals surface area (Å²) >= 11 is 3.35. The van der Waals surface area contributed by atoms with Crippen molar-refractivity contribution in [2.45, 2.75) is 11.8 Å². The molecule has 1 aliphatic heterocycles. The fourth-order valence-corrected chi connectivity index (χ4v) is 5.03. The first-order valence-corrected chi connectivity index (χ1v) is 11.3. The van der Waals surface area contributed by atoms with Crippen molar-refractivity contribution in [1.29, 1.82) is 0 Å². The topological polar surface area (TPSA) is 79.7 Å². The van der Waals surface area contributed by atoms with Crippen molar-refractivity contribution in [2.75, 3.05) is 19.7 Å². The van der Waals surface area contributed by atoms with Gasteiger partial charge in [0.1, 0.15) is 6.61 Å². The Morgan fingerprint density at radius 2 is 1.66 bits per heavy atom. The third-order valence-corrected chi connectivity index (χ3v) is 6.83. The van der Waals surface area contributed by atoms with E-state index in [0.717, 1.165) is 26.7 Å². The number of likely N-dealkylation sites (tertiary alicyclic amines) is 1. The third kappa shape index (κ3) is 3.66. The molecular formula is C25H21BrN2O4. The van der Waals surface area contributed by atoms with Gasteiger partial charge in [-0.15, -0.1) is 0 Å². The van der Waals surface area contributed by atoms with Crippen LogP contribution in [0.4, 0.5) is 4.79 Å². The van der Waals surface area contributed by atoms with E-state index in [-0.39, 0.29) is 31.5 Å². The number of nitrogens with zero attached hydrogens (tertiary/aromatic N) is 2. The van der Waals surface area contributed by atoms with Crippen LogP contribution in [0.2, 0.25) is 0 Å². The molecule has 1 N–H and O–H groups in total. The number of ether oxygens (including phenoxy) is 1. The lowest BCUT2D eigenvalue weighted by Crippen LogP contribution is -2.31. The monoisotopic (exact) mass is 492 g/mol. The molecule has 32 heavy (non-hydrogen) atoms. The van der Waals surface area contributed by atoms with Gasteiger partial charge in [0.15, 0.2) is 0 Å². The number of benzene rings is 2. The minimum absolute atomic E-state index is 0.0341. The summed E-state index contributed by atoms with van der Waals surface area (Å²) in [6, 6.07) is 19.9. The number of carbonyl (C=O) groups is 2. The van der Waals surface area contributed by atoms with Crippen LogP contribution in [0.5, 0.6) is 0 Å². The average Bonchev–Trinajstić information content (AvgIpc) is 3.39. The van der Waals surface area contributed by atoms with Crippen LogP contribution in [0.1, 0.15) is 28.7 Å². The largest absolute Gasteiger partial charge is 0.481 e. The summed E-state index contributed by atoms with van der Waals surface area (Å²) in [4.78, 5) is 30.6. The highest BCUT2D eigenvalue weighted by Crippen LogP contribution is 2.44. The maximum absolute atomic E-state index is 12.9. The fraction of sp³-hybridized carbons (Fsp3) is 0.240. The first-order valence-electron chi connectivity index (χ1n) is 10.5. The number of aliphatic carboxylic acids is 1. The molecular weight excluding hydrogens is 472 g/mol. The Balaban J connectivity index is 1.32. The molecule has 0 radical (unpaired) electrons. The maximum Gasteiger partial charge on any atom is 0.409 e. The quantitative estimate of drug-likeness (QED) is 0.560. The molecule has 162 valence electrons. The molecule has 0 saturated carbocycles. The lowest BCUT2D eigenvalue weighted by molar-refractivity contribution is -0.141. The maximum atomic E-state index is 12.9. The molecule has 0 spiro atoms. The van der Waals surface area contributed by atoms with Crippen molar-refractivity contribution in [3.05, 3.63) is 88.2 Å². The molecule has 0 unspecified atom stereocenters. The van der Waals surface area contributed by atoms with Crippen molar-refractivity contribution >= 4 is 28.0 Å². The SMILES string of the molecule is O=C(O)[C@@H]1CN(C(=O)OCC2c3ccccc3-c3ccccc32)C[C@H]1c1ccc(Br)cn1. The zero-order chi connectivity index (χ0) is 22.2. The van der Waals surface area contributed by atoms with Gasteiger partial charge < -0.3 is 14.7 Å². The Morgan fingerprint density at radius 1 is 1.00 bits per heavy atom. The molecule has 3 aromatic rings. The standard InChI is InChI=1S/C25H21BrN2O4/c26-15-9-10-23(27-11-15)20-12-28(13-21(20)24(29)30)25(31)32-14-22-18-7-3-1-5-16(18)17-6-2-4-8-19(17)22/h1-11,20-22H,12-14H2,(H,29,30)/t20-,21-/m1/s1. The first kappa shape index (κ1) is 20.7. The number of carboxylic acid groups (broad SMARTS) is 1. The van der Waals surface area contributed by atoms with E-state index in [0.29, 0.717) is 5.69 Å². The Kier molecular flexibility index (Phi) is 5.43. The highest BCUT2D eigenvalue weighted by Gasteiger charge is 2.42. The highest BCUT2D eigenvalue weighted by atomic mass is 79.9. The number of carboxylic acids is 1. The van der Waals surface area contributed by atoms with Gasteiger partial charge in [-0.2, -0.15) is 0 Å². The Morgan fingerprint density at radius 3 is 2.25 bits per heavy atom. The van der Waals surface area contributed by atoms with Crippen LogP contribution in [0.25, 0.3) is 11.1 Å². The van der Waals surface area contributed by atoms with E-state index in [1.807, 2.05) is 30.3 Å². The summed E-state index contributed by atoms with van der Waals surface area (Å²) in [5.41, 5.74) is 5.27. The lowest BCUT2D eigenvalue weighted by Gasteiger charge is -2.19. The van der Waals surface area contributed by atoms with Crippen molar-refractivity contribution < 1.29 is 19.4 Å². The lowest BCUT2D eigenvalue weighted by atomic mass is 9.93. The van der Waals surface area contributed by atoms with Gasteiger partial charge in [-0.3, -0.25) is 9.78 Å². The van der Waals surface area contributed by atoms with Crippen LogP contribution in [-0.4, -0.2) is 46.7 Å². The Labute approximate surface area is 194 Å². The second-order valence-corrected chi connectivity index (χ2v) is 9.08. The number of hydrogen-bond donors (Lipinski definition) is 1. The second kappa shape index (κ2) is 8.39. The Bertz CT molecular complexity index is 1140. The van der Waals surface area contributed by atoms with Crippen molar-refractivity contribution in [2.24, 2.45) is 5.92 Å². The average molecular weight is 493 g/mol. The van der Waals surface area contributed by atoms with E-state index in [4.69, 9.17) is 4.74 Å². The number of amides is 1. The van der Waals surface area contributed by atoms with Gasteiger partial charge in [-0.25, -0.2) is 4.79 Å². The van der Waals surface area contributed by atoms with Gasteiger partial charge in [-0.1, -0.05) is 48.5 Å². The molecule has 2 aliphatic rings. The van der Waals surface area contributed by atoms with E-state index in [1.54, 1.807) is 12.3 Å². The molecule has 2 heterocycles. The number of rotatable bonds is 4. The van der Waals surface area contributed by atoms with Gasteiger partial charge in [-0.05, 0) is 50.3 Å². The number of hydrogen-bond acceptors (Lipinski definition) is 4. The van der Waals surface area contributed by atoms with Gasteiger partial charge in [0.25, 0.3) is 0 Å². The summed E-state index contributed by atoms with van der Waals surface area (Å²) in [6.07, 6.45) is 1.15. The predicted molar refractivity (Wildman–Crippen MR) is 122 cm³/mol. The minimum atomic E-state index is -0.936. The number of fused-ring (bicyclic) bond motifs is 3. The van der Waals surface area contributed by atoms with Crippen molar-refractivity contribution in [3.8, 4) is 11.1 Å². The van der Waals surface area contributed by atoms with Crippen molar-refractivity contribution in [1.82, 2.24) is 9.88 Å². The summed E-state index contributed by atoms with van der Waals surface area (Å²) in [6.45, 7) is 0.582. The van der Waals surface area contributed by atoms with E-state index >= 15 is 0 Å². The van der Waals surface area contributed by atoms with E-state index in [1.165, 1.54) is 4.90 Å². The van der Waals surface area contributed by atoms with E-state index in [9.17, 15) is 14.7 Å². The molecule has 5 rings (SSSR count). The summed E-state index contributed by atoms with van der Waals surface area (Å²) in [5.74, 6) is -2.06. The van der Waals surface area contributed by atoms with E-state index < -0.39 is 18.0 Å². The van der Waals surface area contributed by atoms with Crippen LogP contribution in [-0.2, 0) is 9.53 Å². The molecule has 1 aromatic heterocycles. The second-order valence-electron chi connectivity index (χ2n) is 8.16. The zero-order valence-corrected chi connectivity index (χ0v) is 18.7. The molecule has 1 aliphatic carbocycles. The van der Waals surface area contributed by atoms with Crippen LogP contribution < -0.4 is 0 Å². The van der Waals surface area contributed by atoms with E-state index in [2.05, 4.69) is 45.2 Å². The van der Waals surface area contributed by atoms with Gasteiger partial charge >= 0.3 is 12.1 Å². The molecule has 1 fully saturated rings. The minimum Gasteiger partial charge on any atom is -0.481 e. The molecule has 2 aromatic carbocycles. The zero-order valence-electron chi connectivity index (χ0n) is 17.1. The molecule has 2 atom stereocenters. The number of aromatic nitrogens is 1. The number of halogens is 1. The van der Waals surface area contributed by atoms with Crippen LogP contribution in [0.3, 0.4) is 0 Å². The van der Waals surface area contributed by atoms with Crippen LogP contribution in [0.15, 0.2) is 71.3 Å². The molecule has 1 saturated heterocycles. The van der Waals surface area contributed by atoms with Gasteiger partial charge in [0, 0.05) is 41.3 Å². The fourth-order valence-electron chi connectivity index (χ4n) is 4.79. The molecule has 7 heteroatoms. The smallest absolute Gasteiger partial charge is 0.409 e. The van der Waals surface area contributed by atoms with Gasteiger partial charge in [0.2, 0.25) is 0 Å². The summed E-state index contributed by atoms with van der Waals surface area (Å²) in [5, 5.41) is 9.70. The number of carbonyl (C=O) groups excluding carboxylic acids is 1. The summed E-state index contributed by atoms with van der Waals surface area (Å²) < 4.78 is 6.54. The first-order chi connectivity index (χ1) is 15.5. The highest BCUT2D eigenvalue weighted by molar-refractivity contribution is 9.10. The Hall–Kier alpha value is -3.19. The molecule has 1 amide bonds. The molecule has 0 bridgehead atoms. The summed E-state index contributed by atoms with van der Waals surface area (Å²) in [7, 11) is 0. The number of pyridine rings is 1. The normalized spacial score (nSPS) is 19.5. The van der Waals surface area contributed by atoms with Crippen LogP contribution >= 0.6 is 15.9 Å². The van der Waals surface area contributed by atoms with Crippen LogP contribution in [0, 0.1) is 5.92 Å². The van der Waals surface area contributed by atoms with Gasteiger partial charge in [0.05, 0.1) is 5.92 Å². The van der Waals surface area contributed by atoms with Crippen molar-refractivity contribution in [3.63, 3.8) is 0 Å². The molecule has 6 nitrogen and oxygen atoms in total. The third-order valence-electron chi connectivity index (χ3n) is 6.36. The predicted octanol–water partition coefficient (Wildman–Crippen LogP) is 4.89.